The average molecular weight is 458 g/mol. The van der Waals surface area contributed by atoms with Crippen LogP contribution in [-0.2, 0) is 24.4 Å². The highest BCUT2D eigenvalue weighted by molar-refractivity contribution is 6.00. The maximum Gasteiger partial charge on any atom is 0.273 e. The second kappa shape index (κ2) is 8.62. The minimum atomic E-state index is -1.22. The quantitative estimate of drug-likeness (QED) is 0.473. The Morgan fingerprint density at radius 3 is 2.62 bits per heavy atom. The van der Waals surface area contributed by atoms with Gasteiger partial charge in [-0.05, 0) is 42.3 Å². The summed E-state index contributed by atoms with van der Waals surface area (Å²) >= 11 is 0. The highest BCUT2D eigenvalue weighted by Crippen LogP contribution is 2.31. The molecule has 0 fully saturated rings. The van der Waals surface area contributed by atoms with E-state index >= 15 is 0 Å². The molecule has 4 aromatic rings. The molecule has 0 aliphatic carbocycles. The van der Waals surface area contributed by atoms with Crippen LogP contribution in [0.25, 0.3) is 11.5 Å². The van der Waals surface area contributed by atoms with E-state index in [9.17, 15) is 14.0 Å². The number of carbonyl (C=O) groups is 2. The number of nitrogens with zero attached hydrogens (tertiary/aromatic N) is 3. The molecule has 1 atom stereocenters. The molecule has 1 aliphatic heterocycles. The summed E-state index contributed by atoms with van der Waals surface area (Å²) in [6.45, 7) is 2.29. The Labute approximate surface area is 195 Å². The van der Waals surface area contributed by atoms with Gasteiger partial charge in [0.1, 0.15) is 22.7 Å². The number of hydrogen-bond acceptors (Lipinski definition) is 4. The van der Waals surface area contributed by atoms with Gasteiger partial charge >= 0.3 is 0 Å². The lowest BCUT2D eigenvalue weighted by Crippen LogP contribution is -2.63. The number of amides is 2. The first-order valence-corrected chi connectivity index (χ1v) is 10.9. The van der Waals surface area contributed by atoms with Gasteiger partial charge in [-0.25, -0.2) is 4.39 Å². The number of hydrogen-bond donors (Lipinski definition) is 1. The Balaban J connectivity index is 1.48. The monoisotopic (exact) mass is 458 g/mol. The molecule has 8 heteroatoms. The average Bonchev–Trinajstić information content (AvgIpc) is 3.51. The van der Waals surface area contributed by atoms with Gasteiger partial charge in [-0.1, -0.05) is 42.5 Å². The van der Waals surface area contributed by atoms with Gasteiger partial charge in [-0.2, -0.15) is 5.10 Å². The van der Waals surface area contributed by atoms with E-state index in [0.717, 1.165) is 5.56 Å². The number of carbonyl (C=O) groups excluding carboxylic acids is 2. The van der Waals surface area contributed by atoms with E-state index in [1.165, 1.54) is 12.1 Å². The Bertz CT molecular complexity index is 1330. The largest absolute Gasteiger partial charge is 0.463 e. The molecule has 34 heavy (non-hydrogen) atoms. The van der Waals surface area contributed by atoms with Crippen molar-refractivity contribution >= 4 is 11.8 Å². The fraction of sp³-hybridized carbons (Fsp3) is 0.192. The van der Waals surface area contributed by atoms with Crippen LogP contribution in [0.1, 0.15) is 28.5 Å². The van der Waals surface area contributed by atoms with Crippen molar-refractivity contribution in [1.29, 1.82) is 0 Å². The lowest BCUT2D eigenvalue weighted by atomic mass is 9.94. The van der Waals surface area contributed by atoms with E-state index in [1.807, 2.05) is 30.3 Å². The molecular formula is C26H23FN4O3. The number of furan rings is 1. The predicted molar refractivity (Wildman–Crippen MR) is 123 cm³/mol. The molecule has 0 saturated carbocycles. The zero-order chi connectivity index (χ0) is 23.7. The lowest BCUT2D eigenvalue weighted by molar-refractivity contribution is -0.133. The van der Waals surface area contributed by atoms with Gasteiger partial charge in [0.2, 0.25) is 5.91 Å². The van der Waals surface area contributed by atoms with Gasteiger partial charge in [0, 0.05) is 19.2 Å². The molecular weight excluding hydrogens is 435 g/mol. The van der Waals surface area contributed by atoms with Gasteiger partial charge in [-0.15, -0.1) is 0 Å². The fourth-order valence-electron chi connectivity index (χ4n) is 4.22. The zero-order valence-electron chi connectivity index (χ0n) is 18.6. The van der Waals surface area contributed by atoms with Crippen LogP contribution in [0.15, 0.2) is 83.5 Å². The zero-order valence-corrected chi connectivity index (χ0v) is 18.6. The van der Waals surface area contributed by atoms with Crippen molar-refractivity contribution in [3.63, 3.8) is 0 Å². The highest BCUT2D eigenvalue weighted by Gasteiger charge is 2.48. The number of halogens is 1. The third kappa shape index (κ3) is 3.98. The number of nitrogens with one attached hydrogen (secondary N) is 1. The summed E-state index contributed by atoms with van der Waals surface area (Å²) in [5.41, 5.74) is 1.22. The third-order valence-corrected chi connectivity index (χ3v) is 6.09. The molecule has 2 amide bonds. The molecule has 7 nitrogen and oxygen atoms in total. The highest BCUT2D eigenvalue weighted by atomic mass is 19.1. The van der Waals surface area contributed by atoms with Crippen LogP contribution in [-0.4, -0.2) is 32.0 Å². The van der Waals surface area contributed by atoms with Crippen LogP contribution < -0.4 is 5.32 Å². The van der Waals surface area contributed by atoms with Gasteiger partial charge in [0.05, 0.1) is 12.8 Å². The standard InChI is InChI=1S/C26H23FN4O3/c1-26(25(33)28-15-19-9-5-10-20(27)13-19)17-31-22(14-21(29-31)23-11-6-12-34-23)24(32)30(26)16-18-7-3-2-4-8-18/h2-14H,15-17H2,1H3,(H,28,33)/t26-/m0/s1. The second-order valence-corrected chi connectivity index (χ2v) is 8.51. The van der Waals surface area contributed by atoms with Crippen molar-refractivity contribution in [1.82, 2.24) is 20.0 Å². The SMILES string of the molecule is C[C@@]1(C(=O)NCc2cccc(F)c2)Cn2nc(-c3ccco3)cc2C(=O)N1Cc1ccccc1. The van der Waals surface area contributed by atoms with Crippen molar-refractivity contribution in [2.24, 2.45) is 0 Å². The predicted octanol–water partition coefficient (Wildman–Crippen LogP) is 4.01. The summed E-state index contributed by atoms with van der Waals surface area (Å²) in [5.74, 6) is -0.477. The Morgan fingerprint density at radius 2 is 1.88 bits per heavy atom. The molecule has 2 aromatic carbocycles. The van der Waals surface area contributed by atoms with Gasteiger partial charge in [-0.3, -0.25) is 14.3 Å². The van der Waals surface area contributed by atoms with Crippen LogP contribution in [0.4, 0.5) is 4.39 Å². The van der Waals surface area contributed by atoms with Crippen LogP contribution in [0.2, 0.25) is 0 Å². The first kappa shape index (κ1) is 21.6. The molecule has 2 aromatic heterocycles. The molecule has 1 N–H and O–H groups in total. The van der Waals surface area contributed by atoms with E-state index in [2.05, 4.69) is 10.4 Å². The molecule has 172 valence electrons. The van der Waals surface area contributed by atoms with E-state index in [0.29, 0.717) is 22.7 Å². The van der Waals surface area contributed by atoms with E-state index < -0.39 is 5.54 Å². The van der Waals surface area contributed by atoms with E-state index in [-0.39, 0.29) is 37.3 Å². The van der Waals surface area contributed by atoms with Crippen LogP contribution in [0.5, 0.6) is 0 Å². The molecule has 0 saturated heterocycles. The summed E-state index contributed by atoms with van der Waals surface area (Å²) < 4.78 is 20.6. The maximum absolute atomic E-state index is 13.6. The lowest BCUT2D eigenvalue weighted by Gasteiger charge is -2.43. The number of rotatable bonds is 6. The van der Waals surface area contributed by atoms with Crippen molar-refractivity contribution in [2.75, 3.05) is 0 Å². The molecule has 1 aliphatic rings. The number of aromatic nitrogens is 2. The molecule has 0 unspecified atom stereocenters. The van der Waals surface area contributed by atoms with Crippen molar-refractivity contribution in [3.05, 3.63) is 102 Å². The summed E-state index contributed by atoms with van der Waals surface area (Å²) in [4.78, 5) is 28.7. The Morgan fingerprint density at radius 1 is 1.09 bits per heavy atom. The molecule has 0 spiro atoms. The normalized spacial score (nSPS) is 17.5. The Kier molecular flexibility index (Phi) is 5.49. The third-order valence-electron chi connectivity index (χ3n) is 6.09. The summed E-state index contributed by atoms with van der Waals surface area (Å²) in [6.07, 6.45) is 1.54. The molecule has 0 radical (unpaired) electrons. The molecule has 0 bridgehead atoms. The topological polar surface area (TPSA) is 80.4 Å². The second-order valence-electron chi connectivity index (χ2n) is 8.51. The number of benzene rings is 2. The maximum atomic E-state index is 13.6. The van der Waals surface area contributed by atoms with Crippen molar-refractivity contribution in [2.45, 2.75) is 32.1 Å². The first-order chi connectivity index (χ1) is 16.4. The van der Waals surface area contributed by atoms with E-state index in [1.54, 1.807) is 53.1 Å². The van der Waals surface area contributed by atoms with Crippen LogP contribution in [0.3, 0.4) is 0 Å². The Hall–Kier alpha value is -4.20. The van der Waals surface area contributed by atoms with Crippen LogP contribution in [0, 0.1) is 5.82 Å². The minimum Gasteiger partial charge on any atom is -0.463 e. The van der Waals surface area contributed by atoms with Crippen LogP contribution >= 0.6 is 0 Å². The van der Waals surface area contributed by atoms with Crippen molar-refractivity contribution in [3.8, 4) is 11.5 Å². The molecule has 3 heterocycles. The van der Waals surface area contributed by atoms with Gasteiger partial charge < -0.3 is 14.6 Å². The summed E-state index contributed by atoms with van der Waals surface area (Å²) in [6, 6.07) is 20.8. The minimum absolute atomic E-state index is 0.142. The first-order valence-electron chi connectivity index (χ1n) is 10.9. The molecule has 5 rings (SSSR count). The fourth-order valence-corrected chi connectivity index (χ4v) is 4.22. The van der Waals surface area contributed by atoms with Crippen molar-refractivity contribution < 1.29 is 18.4 Å². The summed E-state index contributed by atoms with van der Waals surface area (Å²) in [7, 11) is 0. The van der Waals surface area contributed by atoms with E-state index in [4.69, 9.17) is 4.42 Å². The summed E-state index contributed by atoms with van der Waals surface area (Å²) in [5, 5.41) is 7.42. The van der Waals surface area contributed by atoms with Gasteiger partial charge in [0.25, 0.3) is 5.91 Å². The van der Waals surface area contributed by atoms with Gasteiger partial charge in [0.15, 0.2) is 5.76 Å². The number of fused-ring (bicyclic) bond motifs is 1. The smallest absolute Gasteiger partial charge is 0.273 e.